The highest BCUT2D eigenvalue weighted by atomic mass is 35.5. The summed E-state index contributed by atoms with van der Waals surface area (Å²) in [5.41, 5.74) is -3.15. The Morgan fingerprint density at radius 1 is 1.29 bits per heavy atom. The van der Waals surface area contributed by atoms with E-state index in [0.717, 1.165) is 25.1 Å². The molecule has 0 spiro atoms. The summed E-state index contributed by atoms with van der Waals surface area (Å²) in [6.07, 6.45) is 2.23. The van der Waals surface area contributed by atoms with Crippen LogP contribution in [0.15, 0.2) is 24.3 Å². The molecule has 0 amide bonds. The highest BCUT2D eigenvalue weighted by molar-refractivity contribution is 8.00. The summed E-state index contributed by atoms with van der Waals surface area (Å²) in [5.74, 6) is 0.248. The SMILES string of the molecule is CCCNCC(CCSC(F)(F)F)Cc1ccccc1Cl. The molecule has 1 rings (SSSR count). The Morgan fingerprint density at radius 3 is 2.62 bits per heavy atom. The minimum Gasteiger partial charge on any atom is -0.316 e. The van der Waals surface area contributed by atoms with E-state index in [0.29, 0.717) is 17.9 Å². The Morgan fingerprint density at radius 2 is 2.00 bits per heavy atom. The number of nitrogens with one attached hydrogen (secondary N) is 1. The van der Waals surface area contributed by atoms with Crippen LogP contribution in [0.5, 0.6) is 0 Å². The molecule has 0 fully saturated rings. The fourth-order valence-corrected chi connectivity index (χ4v) is 2.97. The molecular weight excluding hydrogens is 319 g/mol. The lowest BCUT2D eigenvalue weighted by Gasteiger charge is -2.18. The molecule has 21 heavy (non-hydrogen) atoms. The minimum atomic E-state index is -4.15. The molecule has 0 aliphatic carbocycles. The van der Waals surface area contributed by atoms with Crippen LogP contribution < -0.4 is 5.32 Å². The number of hydrogen-bond donors (Lipinski definition) is 1. The second-order valence-electron chi connectivity index (χ2n) is 4.95. The highest BCUT2D eigenvalue weighted by Gasteiger charge is 2.28. The third-order valence-electron chi connectivity index (χ3n) is 3.12. The van der Waals surface area contributed by atoms with Crippen LogP contribution in [0.4, 0.5) is 13.2 Å². The fourth-order valence-electron chi connectivity index (χ4n) is 2.08. The van der Waals surface area contributed by atoms with E-state index in [1.54, 1.807) is 0 Å². The van der Waals surface area contributed by atoms with Gasteiger partial charge in [0.15, 0.2) is 0 Å². The Balaban J connectivity index is 2.53. The number of thioether (sulfide) groups is 1. The van der Waals surface area contributed by atoms with Crippen LogP contribution in [0.25, 0.3) is 0 Å². The highest BCUT2D eigenvalue weighted by Crippen LogP contribution is 2.32. The molecule has 0 aliphatic heterocycles. The lowest BCUT2D eigenvalue weighted by molar-refractivity contribution is -0.0328. The smallest absolute Gasteiger partial charge is 0.316 e. The molecule has 0 saturated heterocycles. The minimum absolute atomic E-state index is 0.0551. The zero-order valence-electron chi connectivity index (χ0n) is 12.0. The van der Waals surface area contributed by atoms with Crippen LogP contribution in [-0.4, -0.2) is 24.4 Å². The maximum atomic E-state index is 12.2. The zero-order valence-corrected chi connectivity index (χ0v) is 13.6. The van der Waals surface area contributed by atoms with Crippen molar-refractivity contribution < 1.29 is 13.2 Å². The van der Waals surface area contributed by atoms with Crippen molar-refractivity contribution in [2.75, 3.05) is 18.8 Å². The van der Waals surface area contributed by atoms with Crippen molar-refractivity contribution in [2.45, 2.75) is 31.7 Å². The van der Waals surface area contributed by atoms with Gasteiger partial charge in [-0.3, -0.25) is 0 Å². The third kappa shape index (κ3) is 8.59. The van der Waals surface area contributed by atoms with Gasteiger partial charge in [0.2, 0.25) is 0 Å². The van der Waals surface area contributed by atoms with Gasteiger partial charge in [0.05, 0.1) is 0 Å². The van der Waals surface area contributed by atoms with Crippen LogP contribution >= 0.6 is 23.4 Å². The number of alkyl halides is 3. The van der Waals surface area contributed by atoms with Crippen molar-refractivity contribution in [1.29, 1.82) is 0 Å². The Bertz CT molecular complexity index is 412. The van der Waals surface area contributed by atoms with E-state index >= 15 is 0 Å². The largest absolute Gasteiger partial charge is 0.441 e. The molecule has 0 aromatic heterocycles. The molecule has 1 atom stereocenters. The van der Waals surface area contributed by atoms with Crippen molar-refractivity contribution in [2.24, 2.45) is 5.92 Å². The van der Waals surface area contributed by atoms with Gasteiger partial charge in [0.1, 0.15) is 0 Å². The quantitative estimate of drug-likeness (QED) is 0.625. The molecule has 1 aromatic rings. The third-order valence-corrected chi connectivity index (χ3v) is 4.25. The van der Waals surface area contributed by atoms with E-state index in [9.17, 15) is 13.2 Å². The van der Waals surface area contributed by atoms with Gasteiger partial charge in [-0.05, 0) is 49.9 Å². The van der Waals surface area contributed by atoms with Crippen molar-refractivity contribution >= 4 is 23.4 Å². The first-order valence-corrected chi connectivity index (χ1v) is 8.43. The molecule has 1 N–H and O–H groups in total. The predicted molar refractivity (Wildman–Crippen MR) is 84.9 cm³/mol. The van der Waals surface area contributed by atoms with Gasteiger partial charge < -0.3 is 5.32 Å². The summed E-state index contributed by atoms with van der Waals surface area (Å²) in [6, 6.07) is 7.52. The lowest BCUT2D eigenvalue weighted by atomic mass is 9.96. The monoisotopic (exact) mass is 339 g/mol. The molecule has 0 heterocycles. The molecule has 6 heteroatoms. The first-order valence-electron chi connectivity index (χ1n) is 7.07. The van der Waals surface area contributed by atoms with Crippen molar-refractivity contribution in [3.8, 4) is 0 Å². The number of halogens is 4. The van der Waals surface area contributed by atoms with E-state index in [1.165, 1.54) is 0 Å². The number of rotatable bonds is 9. The van der Waals surface area contributed by atoms with E-state index in [2.05, 4.69) is 12.2 Å². The van der Waals surface area contributed by atoms with Crippen molar-refractivity contribution in [1.82, 2.24) is 5.32 Å². The van der Waals surface area contributed by atoms with E-state index in [1.807, 2.05) is 24.3 Å². The summed E-state index contributed by atoms with van der Waals surface area (Å²) in [6.45, 7) is 3.67. The molecule has 1 unspecified atom stereocenters. The first kappa shape index (κ1) is 18.7. The number of benzene rings is 1. The van der Waals surface area contributed by atoms with Gasteiger partial charge in [-0.25, -0.2) is 0 Å². The Labute approximate surface area is 133 Å². The maximum absolute atomic E-state index is 12.2. The fraction of sp³-hybridized carbons (Fsp3) is 0.600. The molecule has 0 saturated carbocycles. The zero-order chi connectivity index (χ0) is 15.7. The van der Waals surface area contributed by atoms with Gasteiger partial charge in [-0.2, -0.15) is 13.2 Å². The summed E-state index contributed by atoms with van der Waals surface area (Å²) in [4.78, 5) is 0. The number of hydrogen-bond acceptors (Lipinski definition) is 2. The molecular formula is C15H21ClF3NS. The molecule has 0 radical (unpaired) electrons. The van der Waals surface area contributed by atoms with E-state index in [-0.39, 0.29) is 23.4 Å². The van der Waals surface area contributed by atoms with E-state index in [4.69, 9.17) is 11.6 Å². The lowest BCUT2D eigenvalue weighted by Crippen LogP contribution is -2.26. The molecule has 1 nitrogen and oxygen atoms in total. The summed E-state index contributed by atoms with van der Waals surface area (Å²) in [7, 11) is 0. The standard InChI is InChI=1S/C15H21ClF3NS/c1-2-8-20-11-12(7-9-21-15(17,18)19)10-13-5-3-4-6-14(13)16/h3-6,12,20H,2,7-11H2,1H3. The average molecular weight is 340 g/mol. The Kier molecular flexibility index (Phi) is 8.52. The maximum Gasteiger partial charge on any atom is 0.441 e. The van der Waals surface area contributed by atoms with Crippen molar-refractivity contribution in [3.05, 3.63) is 34.9 Å². The van der Waals surface area contributed by atoms with Crippen LogP contribution in [0.1, 0.15) is 25.3 Å². The van der Waals surface area contributed by atoms with Gasteiger partial charge in [-0.1, -0.05) is 48.5 Å². The topological polar surface area (TPSA) is 12.0 Å². The van der Waals surface area contributed by atoms with Crippen LogP contribution in [-0.2, 0) is 6.42 Å². The van der Waals surface area contributed by atoms with Crippen LogP contribution in [0.3, 0.4) is 0 Å². The first-order chi connectivity index (χ1) is 9.92. The molecule has 0 aliphatic rings. The second-order valence-corrected chi connectivity index (χ2v) is 6.52. The van der Waals surface area contributed by atoms with Gasteiger partial charge in [0.25, 0.3) is 0 Å². The predicted octanol–water partition coefficient (Wildman–Crippen LogP) is 5.14. The second kappa shape index (κ2) is 9.59. The van der Waals surface area contributed by atoms with Gasteiger partial charge >= 0.3 is 5.51 Å². The molecule has 1 aromatic carbocycles. The summed E-state index contributed by atoms with van der Waals surface area (Å²) in [5, 5.41) is 3.97. The summed E-state index contributed by atoms with van der Waals surface area (Å²) >= 11 is 6.19. The van der Waals surface area contributed by atoms with Crippen LogP contribution in [0.2, 0.25) is 5.02 Å². The summed E-state index contributed by atoms with van der Waals surface area (Å²) < 4.78 is 36.7. The molecule has 120 valence electrons. The Hall–Kier alpha value is -0.390. The van der Waals surface area contributed by atoms with E-state index < -0.39 is 5.51 Å². The molecule has 0 bridgehead atoms. The average Bonchev–Trinajstić information content (AvgIpc) is 2.40. The van der Waals surface area contributed by atoms with Gasteiger partial charge in [-0.15, -0.1) is 0 Å². The van der Waals surface area contributed by atoms with Gasteiger partial charge in [0, 0.05) is 10.8 Å². The van der Waals surface area contributed by atoms with Crippen LogP contribution in [0, 0.1) is 5.92 Å². The normalized spacial score (nSPS) is 13.4. The van der Waals surface area contributed by atoms with Crippen molar-refractivity contribution in [3.63, 3.8) is 0 Å².